The lowest BCUT2D eigenvalue weighted by Gasteiger charge is -2.26. The molecule has 4 atom stereocenters. The zero-order valence-electron chi connectivity index (χ0n) is 12.9. The highest BCUT2D eigenvalue weighted by Gasteiger charge is 2.31. The highest BCUT2D eigenvalue weighted by Crippen LogP contribution is 2.20. The highest BCUT2D eigenvalue weighted by molar-refractivity contribution is 5.81. The molecule has 0 radical (unpaired) electrons. The van der Waals surface area contributed by atoms with Crippen molar-refractivity contribution in [1.82, 2.24) is 0 Å². The van der Waals surface area contributed by atoms with Gasteiger partial charge in [-0.2, -0.15) is 0 Å². The molecule has 0 saturated heterocycles. The van der Waals surface area contributed by atoms with Crippen LogP contribution in [0.5, 0.6) is 0 Å². The van der Waals surface area contributed by atoms with Gasteiger partial charge in [0.1, 0.15) is 36.2 Å². The lowest BCUT2D eigenvalue weighted by atomic mass is 10.0. The van der Waals surface area contributed by atoms with Crippen LogP contribution in [0.4, 0.5) is 5.69 Å². The number of hydrogen-bond acceptors (Lipinski definition) is 8. The summed E-state index contributed by atoms with van der Waals surface area (Å²) in [5, 5.41) is 41.1. The van der Waals surface area contributed by atoms with Gasteiger partial charge in [0, 0.05) is 22.7 Å². The average molecular weight is 337 g/mol. The van der Waals surface area contributed by atoms with E-state index >= 15 is 0 Å². The van der Waals surface area contributed by atoms with Gasteiger partial charge in [0.25, 0.3) is 0 Å². The van der Waals surface area contributed by atoms with Crippen molar-refractivity contribution in [3.63, 3.8) is 0 Å². The van der Waals surface area contributed by atoms with Gasteiger partial charge in [-0.3, -0.25) is 0 Å². The lowest BCUT2D eigenvalue weighted by molar-refractivity contribution is -0.117. The van der Waals surface area contributed by atoms with Gasteiger partial charge in [-0.15, -0.1) is 0 Å². The summed E-state index contributed by atoms with van der Waals surface area (Å²) in [6.07, 6.45) is -4.57. The standard InChI is InChI=1S/C16H19NO7/c1-8-4-9-2-3-10(5-13(9)24-16(8)23)17-11(6-18)14(21)15(22)12(20)7-19/h2-6,11-12,14-15,17,19-22H,7H2,1H3/t11-,12+,14+,15+/m1/s1. The molecule has 0 fully saturated rings. The smallest absolute Gasteiger partial charge is 0.339 e. The van der Waals surface area contributed by atoms with E-state index in [4.69, 9.17) is 9.52 Å². The Morgan fingerprint density at radius 1 is 1.21 bits per heavy atom. The van der Waals surface area contributed by atoms with Crippen molar-refractivity contribution in [1.29, 1.82) is 0 Å². The van der Waals surface area contributed by atoms with Crippen molar-refractivity contribution in [2.75, 3.05) is 11.9 Å². The van der Waals surface area contributed by atoms with Gasteiger partial charge in [0.2, 0.25) is 0 Å². The second-order valence-corrected chi connectivity index (χ2v) is 5.51. The topological polar surface area (TPSA) is 140 Å². The van der Waals surface area contributed by atoms with E-state index in [2.05, 4.69) is 5.32 Å². The van der Waals surface area contributed by atoms with E-state index in [1.165, 1.54) is 6.07 Å². The van der Waals surface area contributed by atoms with Gasteiger partial charge in [-0.1, -0.05) is 0 Å². The number of nitrogens with one attached hydrogen (secondary N) is 1. The van der Waals surface area contributed by atoms with Crippen LogP contribution in [0.25, 0.3) is 11.0 Å². The van der Waals surface area contributed by atoms with Crippen LogP contribution >= 0.6 is 0 Å². The molecule has 2 aromatic rings. The largest absolute Gasteiger partial charge is 0.422 e. The van der Waals surface area contributed by atoms with Crippen molar-refractivity contribution in [2.45, 2.75) is 31.3 Å². The number of carbonyl (C=O) groups is 1. The Kier molecular flexibility index (Phi) is 5.68. The second-order valence-electron chi connectivity index (χ2n) is 5.51. The van der Waals surface area contributed by atoms with E-state index in [0.717, 1.165) is 0 Å². The molecule has 24 heavy (non-hydrogen) atoms. The SMILES string of the molecule is Cc1cc2ccc(N[C@H](C=O)[C@H](O)[C@@H](O)[C@@H](O)CO)cc2oc1=O. The molecular weight excluding hydrogens is 318 g/mol. The number of aryl methyl sites for hydroxylation is 1. The zero-order valence-corrected chi connectivity index (χ0v) is 12.9. The molecule has 5 N–H and O–H groups in total. The summed E-state index contributed by atoms with van der Waals surface area (Å²) in [5.74, 6) is 0. The molecule has 0 aliphatic heterocycles. The average Bonchev–Trinajstić information content (AvgIpc) is 2.58. The molecule has 1 aromatic heterocycles. The molecule has 0 aliphatic rings. The molecular formula is C16H19NO7. The fraction of sp³-hybridized carbons (Fsp3) is 0.375. The molecule has 0 bridgehead atoms. The summed E-state index contributed by atoms with van der Waals surface area (Å²) in [4.78, 5) is 22.7. The van der Waals surface area contributed by atoms with E-state index in [1.807, 2.05) is 0 Å². The van der Waals surface area contributed by atoms with E-state index in [9.17, 15) is 24.9 Å². The Labute approximate surface area is 137 Å². The highest BCUT2D eigenvalue weighted by atomic mass is 16.4. The number of aliphatic hydroxyl groups is 4. The summed E-state index contributed by atoms with van der Waals surface area (Å²) in [6, 6.07) is 5.18. The predicted octanol–water partition coefficient (Wildman–Crippen LogP) is -0.844. The number of fused-ring (bicyclic) bond motifs is 1. The molecule has 0 spiro atoms. The van der Waals surface area contributed by atoms with E-state index in [0.29, 0.717) is 28.5 Å². The fourth-order valence-electron chi connectivity index (χ4n) is 2.24. The minimum Gasteiger partial charge on any atom is -0.422 e. The number of anilines is 1. The zero-order chi connectivity index (χ0) is 17.9. The fourth-order valence-corrected chi connectivity index (χ4v) is 2.24. The molecule has 2 rings (SSSR count). The summed E-state index contributed by atoms with van der Waals surface area (Å²) in [7, 11) is 0. The van der Waals surface area contributed by atoms with Gasteiger partial charge < -0.3 is 35.0 Å². The minimum atomic E-state index is -1.71. The number of benzene rings is 1. The van der Waals surface area contributed by atoms with Crippen LogP contribution in [0.15, 0.2) is 33.5 Å². The number of aliphatic hydroxyl groups excluding tert-OH is 4. The maximum absolute atomic E-state index is 11.6. The van der Waals surface area contributed by atoms with Crippen molar-refractivity contribution in [2.24, 2.45) is 0 Å². The first-order valence-electron chi connectivity index (χ1n) is 7.28. The van der Waals surface area contributed by atoms with Crippen molar-refractivity contribution < 1.29 is 29.6 Å². The summed E-state index contributed by atoms with van der Waals surface area (Å²) in [6.45, 7) is 0.869. The molecule has 0 unspecified atom stereocenters. The molecule has 8 nitrogen and oxygen atoms in total. The number of carbonyl (C=O) groups excluding carboxylic acids is 1. The monoisotopic (exact) mass is 337 g/mol. The van der Waals surface area contributed by atoms with E-state index in [-0.39, 0.29) is 0 Å². The maximum Gasteiger partial charge on any atom is 0.339 e. The lowest BCUT2D eigenvalue weighted by Crippen LogP contribution is -2.49. The van der Waals surface area contributed by atoms with Crippen molar-refractivity contribution in [3.8, 4) is 0 Å². The Balaban J connectivity index is 2.24. The summed E-state index contributed by atoms with van der Waals surface area (Å²) in [5.41, 5.74) is 0.653. The first kappa shape index (κ1) is 18.1. The van der Waals surface area contributed by atoms with Crippen LogP contribution in [-0.2, 0) is 4.79 Å². The van der Waals surface area contributed by atoms with Crippen LogP contribution in [0, 0.1) is 6.92 Å². The number of aldehydes is 1. The minimum absolute atomic E-state index is 0.297. The third-order valence-electron chi connectivity index (χ3n) is 3.69. The third kappa shape index (κ3) is 3.80. The number of hydrogen-bond donors (Lipinski definition) is 5. The van der Waals surface area contributed by atoms with Gasteiger partial charge >= 0.3 is 5.63 Å². The van der Waals surface area contributed by atoms with Gasteiger partial charge in [0.15, 0.2) is 0 Å². The molecule has 1 aromatic carbocycles. The Hall–Kier alpha value is -2.26. The van der Waals surface area contributed by atoms with Crippen LogP contribution < -0.4 is 10.9 Å². The maximum atomic E-state index is 11.6. The summed E-state index contributed by atoms with van der Waals surface area (Å²) < 4.78 is 5.14. The molecule has 8 heteroatoms. The molecule has 1 heterocycles. The van der Waals surface area contributed by atoms with Crippen LogP contribution in [0.2, 0.25) is 0 Å². The van der Waals surface area contributed by atoms with Crippen LogP contribution in [-0.4, -0.2) is 57.7 Å². The van der Waals surface area contributed by atoms with Crippen LogP contribution in [0.1, 0.15) is 5.56 Å². The predicted molar refractivity (Wildman–Crippen MR) is 85.8 cm³/mol. The number of rotatable bonds is 7. The van der Waals surface area contributed by atoms with Gasteiger partial charge in [-0.05, 0) is 25.1 Å². The van der Waals surface area contributed by atoms with Gasteiger partial charge in [-0.25, -0.2) is 4.79 Å². The Bertz CT molecular complexity index is 773. The van der Waals surface area contributed by atoms with E-state index < -0.39 is 36.6 Å². The molecule has 0 aliphatic carbocycles. The van der Waals surface area contributed by atoms with Crippen molar-refractivity contribution >= 4 is 22.9 Å². The van der Waals surface area contributed by atoms with Gasteiger partial charge in [0.05, 0.1) is 6.61 Å². The first-order valence-corrected chi connectivity index (χ1v) is 7.28. The van der Waals surface area contributed by atoms with Crippen molar-refractivity contribution in [3.05, 3.63) is 40.2 Å². The molecule has 0 amide bonds. The molecule has 130 valence electrons. The third-order valence-corrected chi connectivity index (χ3v) is 3.69. The molecule has 0 saturated carbocycles. The van der Waals surface area contributed by atoms with Crippen LogP contribution in [0.3, 0.4) is 0 Å². The first-order chi connectivity index (χ1) is 11.4. The van der Waals surface area contributed by atoms with E-state index in [1.54, 1.807) is 25.1 Å². The Morgan fingerprint density at radius 3 is 2.54 bits per heavy atom. The second kappa shape index (κ2) is 7.54. The Morgan fingerprint density at radius 2 is 1.92 bits per heavy atom. The summed E-state index contributed by atoms with van der Waals surface area (Å²) >= 11 is 0. The quantitative estimate of drug-likeness (QED) is 0.325. The normalized spacial score (nSPS) is 16.4.